The van der Waals surface area contributed by atoms with E-state index in [2.05, 4.69) is 10.1 Å². The lowest BCUT2D eigenvalue weighted by Crippen LogP contribution is -1.90. The number of anilines is 1. The fraction of sp³-hybridized carbons (Fsp3) is 0. The summed E-state index contributed by atoms with van der Waals surface area (Å²) in [5.74, 6) is 0.184. The van der Waals surface area contributed by atoms with Crippen LogP contribution in [0.4, 0.5) is 10.2 Å². The Morgan fingerprint density at radius 1 is 1.20 bits per heavy atom. The summed E-state index contributed by atoms with van der Waals surface area (Å²) >= 11 is 5.98. The molecule has 4 nitrogen and oxygen atoms in total. The van der Waals surface area contributed by atoms with Crippen molar-refractivity contribution in [2.45, 2.75) is 0 Å². The molecule has 3 aromatic rings. The third-order valence-electron chi connectivity index (χ3n) is 2.79. The van der Waals surface area contributed by atoms with Crippen molar-refractivity contribution in [1.29, 1.82) is 0 Å². The van der Waals surface area contributed by atoms with Gasteiger partial charge >= 0.3 is 0 Å². The lowest BCUT2D eigenvalue weighted by molar-refractivity contribution is 0.434. The van der Waals surface area contributed by atoms with Gasteiger partial charge in [-0.25, -0.2) is 9.37 Å². The Bertz CT molecular complexity index is 755. The van der Waals surface area contributed by atoms with Gasteiger partial charge in [0.05, 0.1) is 11.8 Å². The molecule has 0 fully saturated rings. The number of rotatable bonds is 2. The predicted octanol–water partition coefficient (Wildman–Crippen LogP) is 3.78. The van der Waals surface area contributed by atoms with Crippen LogP contribution in [-0.4, -0.2) is 10.1 Å². The van der Waals surface area contributed by atoms with Crippen LogP contribution in [0, 0.1) is 5.82 Å². The third-order valence-corrected chi connectivity index (χ3v) is 3.03. The molecule has 0 amide bonds. The third kappa shape index (κ3) is 2.23. The summed E-state index contributed by atoms with van der Waals surface area (Å²) in [6.07, 6.45) is 1.11. The van der Waals surface area contributed by atoms with Crippen LogP contribution in [0.1, 0.15) is 0 Å². The Kier molecular flexibility index (Phi) is 3.12. The lowest BCUT2D eigenvalue weighted by Gasteiger charge is -2.02. The van der Waals surface area contributed by atoms with Gasteiger partial charge in [0.2, 0.25) is 0 Å². The van der Waals surface area contributed by atoms with E-state index >= 15 is 0 Å². The van der Waals surface area contributed by atoms with E-state index in [9.17, 15) is 4.39 Å². The standard InChI is InChI=1S/C14H9ClFN3O/c15-9-3-1-2-8(6-9)12-13(20-19-14(12)17)11-5-4-10(16)7-18-11/h1-7H,(H2,17,19). The van der Waals surface area contributed by atoms with Crippen molar-refractivity contribution in [3.8, 4) is 22.6 Å². The number of nitrogen functional groups attached to an aromatic ring is 1. The van der Waals surface area contributed by atoms with Crippen LogP contribution < -0.4 is 5.73 Å². The maximum absolute atomic E-state index is 12.9. The molecule has 0 unspecified atom stereocenters. The monoisotopic (exact) mass is 289 g/mol. The van der Waals surface area contributed by atoms with Crippen LogP contribution in [-0.2, 0) is 0 Å². The molecule has 2 aromatic heterocycles. The number of nitrogens with two attached hydrogens (primary N) is 1. The molecule has 0 saturated heterocycles. The number of nitrogens with zero attached hydrogens (tertiary/aromatic N) is 2. The Morgan fingerprint density at radius 2 is 2.05 bits per heavy atom. The molecule has 0 atom stereocenters. The first-order valence-electron chi connectivity index (χ1n) is 5.78. The van der Waals surface area contributed by atoms with Gasteiger partial charge in [-0.05, 0) is 29.8 Å². The van der Waals surface area contributed by atoms with Crippen LogP contribution in [0.3, 0.4) is 0 Å². The highest BCUT2D eigenvalue weighted by Gasteiger charge is 2.18. The van der Waals surface area contributed by atoms with Crippen molar-refractivity contribution in [3.63, 3.8) is 0 Å². The molecule has 2 N–H and O–H groups in total. The first-order valence-corrected chi connectivity index (χ1v) is 6.16. The zero-order chi connectivity index (χ0) is 14.1. The number of hydrogen-bond donors (Lipinski definition) is 1. The molecular weight excluding hydrogens is 281 g/mol. The summed E-state index contributed by atoms with van der Waals surface area (Å²) in [4.78, 5) is 3.97. The van der Waals surface area contributed by atoms with Gasteiger partial charge in [0.1, 0.15) is 11.5 Å². The highest BCUT2D eigenvalue weighted by atomic mass is 35.5. The molecule has 100 valence electrons. The second kappa shape index (κ2) is 4.94. The topological polar surface area (TPSA) is 64.9 Å². The van der Waals surface area contributed by atoms with Gasteiger partial charge in [-0.3, -0.25) is 0 Å². The summed E-state index contributed by atoms with van der Waals surface area (Å²) in [7, 11) is 0. The molecule has 0 spiro atoms. The number of halogens is 2. The Balaban J connectivity index is 2.17. The van der Waals surface area contributed by atoms with Gasteiger partial charge in [0, 0.05) is 5.02 Å². The van der Waals surface area contributed by atoms with Crippen molar-refractivity contribution in [3.05, 3.63) is 53.4 Å². The maximum atomic E-state index is 12.9. The van der Waals surface area contributed by atoms with E-state index in [0.29, 0.717) is 22.0 Å². The van der Waals surface area contributed by atoms with Gasteiger partial charge in [0.25, 0.3) is 0 Å². The minimum atomic E-state index is -0.425. The number of pyridine rings is 1. The molecule has 6 heteroatoms. The van der Waals surface area contributed by atoms with Crippen molar-refractivity contribution in [2.75, 3.05) is 5.73 Å². The fourth-order valence-corrected chi connectivity index (χ4v) is 2.10. The van der Waals surface area contributed by atoms with Crippen molar-refractivity contribution in [2.24, 2.45) is 0 Å². The molecule has 2 heterocycles. The van der Waals surface area contributed by atoms with Crippen molar-refractivity contribution >= 4 is 17.4 Å². The molecule has 1 aromatic carbocycles. The summed E-state index contributed by atoms with van der Waals surface area (Å²) in [5.41, 5.74) is 7.64. The predicted molar refractivity (Wildman–Crippen MR) is 74.6 cm³/mol. The normalized spacial score (nSPS) is 10.7. The molecule has 3 rings (SSSR count). The molecule has 0 bridgehead atoms. The van der Waals surface area contributed by atoms with Crippen LogP contribution in [0.5, 0.6) is 0 Å². The minimum Gasteiger partial charge on any atom is -0.380 e. The smallest absolute Gasteiger partial charge is 0.195 e. The molecule has 0 aliphatic rings. The summed E-state index contributed by atoms with van der Waals surface area (Å²) in [6.45, 7) is 0. The van der Waals surface area contributed by atoms with Gasteiger partial charge in [0.15, 0.2) is 11.6 Å². The number of benzene rings is 1. The molecule has 0 radical (unpaired) electrons. The average Bonchev–Trinajstić information content (AvgIpc) is 2.81. The second-order valence-corrected chi connectivity index (χ2v) is 4.58. The Hall–Kier alpha value is -2.40. The summed E-state index contributed by atoms with van der Waals surface area (Å²) in [5, 5.41) is 4.32. The summed E-state index contributed by atoms with van der Waals surface area (Å²) in [6, 6.07) is 9.93. The Labute approximate surface area is 119 Å². The van der Waals surface area contributed by atoms with E-state index in [1.54, 1.807) is 18.2 Å². The van der Waals surface area contributed by atoms with E-state index in [4.69, 9.17) is 21.9 Å². The van der Waals surface area contributed by atoms with E-state index in [-0.39, 0.29) is 5.82 Å². The fourth-order valence-electron chi connectivity index (χ4n) is 1.91. The zero-order valence-corrected chi connectivity index (χ0v) is 10.9. The quantitative estimate of drug-likeness (QED) is 0.780. The van der Waals surface area contributed by atoms with Gasteiger partial charge in [-0.1, -0.05) is 28.9 Å². The number of aromatic nitrogens is 2. The second-order valence-electron chi connectivity index (χ2n) is 4.14. The lowest BCUT2D eigenvalue weighted by atomic mass is 10.0. The van der Waals surface area contributed by atoms with Crippen LogP contribution in [0.2, 0.25) is 5.02 Å². The zero-order valence-electron chi connectivity index (χ0n) is 10.2. The van der Waals surface area contributed by atoms with Gasteiger partial charge in [-0.2, -0.15) is 0 Å². The molecular formula is C14H9ClFN3O. The van der Waals surface area contributed by atoms with Crippen LogP contribution >= 0.6 is 11.6 Å². The average molecular weight is 290 g/mol. The van der Waals surface area contributed by atoms with Crippen LogP contribution in [0.25, 0.3) is 22.6 Å². The van der Waals surface area contributed by atoms with E-state index in [1.165, 1.54) is 12.1 Å². The molecule has 0 saturated carbocycles. The SMILES string of the molecule is Nc1noc(-c2ccc(F)cn2)c1-c1cccc(Cl)c1. The van der Waals surface area contributed by atoms with E-state index in [1.807, 2.05) is 6.07 Å². The van der Waals surface area contributed by atoms with Gasteiger partial charge in [-0.15, -0.1) is 0 Å². The van der Waals surface area contributed by atoms with Gasteiger partial charge < -0.3 is 10.3 Å². The van der Waals surface area contributed by atoms with Crippen LogP contribution in [0.15, 0.2) is 47.1 Å². The largest absolute Gasteiger partial charge is 0.380 e. The first kappa shape index (κ1) is 12.6. The maximum Gasteiger partial charge on any atom is 0.195 e. The highest BCUT2D eigenvalue weighted by Crippen LogP contribution is 2.36. The van der Waals surface area contributed by atoms with Crippen molar-refractivity contribution in [1.82, 2.24) is 10.1 Å². The van der Waals surface area contributed by atoms with E-state index < -0.39 is 5.82 Å². The minimum absolute atomic E-state index is 0.230. The van der Waals surface area contributed by atoms with Crippen molar-refractivity contribution < 1.29 is 8.91 Å². The first-order chi connectivity index (χ1) is 9.65. The molecule has 0 aliphatic heterocycles. The number of hydrogen-bond acceptors (Lipinski definition) is 4. The Morgan fingerprint density at radius 3 is 2.75 bits per heavy atom. The van der Waals surface area contributed by atoms with E-state index in [0.717, 1.165) is 11.8 Å². The summed E-state index contributed by atoms with van der Waals surface area (Å²) < 4.78 is 18.1. The highest BCUT2D eigenvalue weighted by molar-refractivity contribution is 6.30. The molecule has 20 heavy (non-hydrogen) atoms. The molecule has 0 aliphatic carbocycles.